The second-order valence-corrected chi connectivity index (χ2v) is 8.18. The van der Waals surface area contributed by atoms with Crippen molar-refractivity contribution in [3.8, 4) is 5.75 Å². The summed E-state index contributed by atoms with van der Waals surface area (Å²) in [5.74, 6) is 1.05. The summed E-state index contributed by atoms with van der Waals surface area (Å²) in [5.41, 5.74) is 4.06. The predicted molar refractivity (Wildman–Crippen MR) is 119 cm³/mol. The summed E-state index contributed by atoms with van der Waals surface area (Å²) in [5, 5.41) is 3.12. The molecule has 0 aliphatic carbocycles. The van der Waals surface area contributed by atoms with Crippen molar-refractivity contribution < 1.29 is 14.3 Å². The molecule has 3 rings (SSSR count). The quantitative estimate of drug-likeness (QED) is 0.699. The van der Waals surface area contributed by atoms with Gasteiger partial charge in [0, 0.05) is 31.1 Å². The molecule has 0 radical (unpaired) electrons. The zero-order valence-electron chi connectivity index (χ0n) is 18.2. The van der Waals surface area contributed by atoms with Crippen LogP contribution in [0.15, 0.2) is 42.5 Å². The van der Waals surface area contributed by atoms with Crippen molar-refractivity contribution >= 4 is 11.8 Å². The maximum atomic E-state index is 12.6. The lowest BCUT2D eigenvalue weighted by atomic mass is 10.0. The van der Waals surface area contributed by atoms with Crippen LogP contribution < -0.4 is 10.1 Å². The Balaban J connectivity index is 1.36. The molecule has 0 spiro atoms. The maximum Gasteiger partial charge on any atom is 0.253 e. The van der Waals surface area contributed by atoms with Crippen LogP contribution in [-0.4, -0.2) is 42.5 Å². The van der Waals surface area contributed by atoms with Crippen LogP contribution in [0.5, 0.6) is 5.75 Å². The van der Waals surface area contributed by atoms with Crippen LogP contribution in [0.1, 0.15) is 52.7 Å². The number of likely N-dealkylation sites (tertiary alicyclic amines) is 1. The molecule has 1 aliphatic rings. The summed E-state index contributed by atoms with van der Waals surface area (Å²) in [6.07, 6.45) is 2.72. The Hall–Kier alpha value is -2.82. The molecule has 160 valence electrons. The third-order valence-corrected chi connectivity index (χ3v) is 5.62. The fourth-order valence-corrected chi connectivity index (χ4v) is 3.92. The van der Waals surface area contributed by atoms with Crippen LogP contribution in [0.2, 0.25) is 0 Å². The Morgan fingerprint density at radius 2 is 1.70 bits per heavy atom. The second-order valence-electron chi connectivity index (χ2n) is 8.18. The Morgan fingerprint density at radius 1 is 1.03 bits per heavy atom. The Kier molecular flexibility index (Phi) is 7.50. The Bertz CT molecular complexity index is 865. The third kappa shape index (κ3) is 5.85. The number of ether oxygens (including phenoxy) is 1. The van der Waals surface area contributed by atoms with Crippen LogP contribution in [0, 0.1) is 20.8 Å². The van der Waals surface area contributed by atoms with Gasteiger partial charge in [0.05, 0.1) is 6.61 Å². The molecule has 1 saturated heterocycles. The summed E-state index contributed by atoms with van der Waals surface area (Å²) >= 11 is 0. The van der Waals surface area contributed by atoms with E-state index in [1.54, 1.807) is 0 Å². The van der Waals surface area contributed by atoms with Crippen LogP contribution in [0.3, 0.4) is 0 Å². The van der Waals surface area contributed by atoms with E-state index >= 15 is 0 Å². The molecule has 0 bridgehead atoms. The van der Waals surface area contributed by atoms with Gasteiger partial charge >= 0.3 is 0 Å². The maximum absolute atomic E-state index is 12.6. The molecule has 1 aliphatic heterocycles. The van der Waals surface area contributed by atoms with Crippen molar-refractivity contribution in [2.24, 2.45) is 0 Å². The molecule has 1 heterocycles. The SMILES string of the molecule is Cc1cccc(C(=O)N2CCC(NC(=O)CCCOc3c(C)cccc3C)CC2)c1. The molecule has 0 atom stereocenters. The first-order valence-electron chi connectivity index (χ1n) is 10.8. The van der Waals surface area contributed by atoms with Crippen LogP contribution in [-0.2, 0) is 4.79 Å². The van der Waals surface area contributed by atoms with E-state index in [-0.39, 0.29) is 17.9 Å². The molecule has 30 heavy (non-hydrogen) atoms. The Labute approximate surface area is 179 Å². The van der Waals surface area contributed by atoms with Crippen molar-refractivity contribution in [1.29, 1.82) is 0 Å². The molecule has 5 heteroatoms. The van der Waals surface area contributed by atoms with Crippen LogP contribution in [0.4, 0.5) is 0 Å². The molecule has 0 aromatic heterocycles. The number of aryl methyl sites for hydroxylation is 3. The van der Waals surface area contributed by atoms with Crippen LogP contribution in [0.25, 0.3) is 0 Å². The summed E-state index contributed by atoms with van der Waals surface area (Å²) in [4.78, 5) is 26.8. The number of rotatable bonds is 7. The minimum atomic E-state index is 0.0589. The van der Waals surface area contributed by atoms with E-state index < -0.39 is 0 Å². The van der Waals surface area contributed by atoms with Crippen molar-refractivity contribution in [2.45, 2.75) is 52.5 Å². The van der Waals surface area contributed by atoms with Crippen molar-refractivity contribution in [3.05, 3.63) is 64.7 Å². The number of amides is 2. The van der Waals surface area contributed by atoms with Crippen LogP contribution >= 0.6 is 0 Å². The molecule has 1 N–H and O–H groups in total. The largest absolute Gasteiger partial charge is 0.493 e. The first-order chi connectivity index (χ1) is 14.4. The van der Waals surface area contributed by atoms with Gasteiger partial charge in [-0.15, -0.1) is 0 Å². The average molecular weight is 409 g/mol. The number of nitrogens with zero attached hydrogens (tertiary/aromatic N) is 1. The molecule has 2 aromatic carbocycles. The third-order valence-electron chi connectivity index (χ3n) is 5.62. The highest BCUT2D eigenvalue weighted by atomic mass is 16.5. The minimum Gasteiger partial charge on any atom is -0.493 e. The molecule has 0 unspecified atom stereocenters. The number of nitrogens with one attached hydrogen (secondary N) is 1. The van der Waals surface area contributed by atoms with Gasteiger partial charge < -0.3 is 15.0 Å². The van der Waals surface area contributed by atoms with Gasteiger partial charge in [-0.1, -0.05) is 35.9 Å². The summed E-state index contributed by atoms with van der Waals surface area (Å²) in [6, 6.07) is 13.9. The molecule has 2 amide bonds. The smallest absolute Gasteiger partial charge is 0.253 e. The molecule has 5 nitrogen and oxygen atoms in total. The molecule has 0 saturated carbocycles. The van der Waals surface area contributed by atoms with E-state index in [0.717, 1.165) is 40.8 Å². The topological polar surface area (TPSA) is 58.6 Å². The van der Waals surface area contributed by atoms with E-state index in [9.17, 15) is 9.59 Å². The van der Waals surface area contributed by atoms with Crippen molar-refractivity contribution in [2.75, 3.05) is 19.7 Å². The zero-order valence-corrected chi connectivity index (χ0v) is 18.2. The van der Waals surface area contributed by atoms with Gasteiger partial charge in [0.15, 0.2) is 0 Å². The van der Waals surface area contributed by atoms with Gasteiger partial charge in [-0.3, -0.25) is 9.59 Å². The summed E-state index contributed by atoms with van der Waals surface area (Å²) < 4.78 is 5.87. The molecular weight excluding hydrogens is 376 g/mol. The van der Waals surface area contributed by atoms with Gasteiger partial charge in [0.25, 0.3) is 5.91 Å². The first kappa shape index (κ1) is 21.9. The van der Waals surface area contributed by atoms with Gasteiger partial charge in [-0.05, 0) is 63.3 Å². The van der Waals surface area contributed by atoms with Gasteiger partial charge in [0.1, 0.15) is 5.75 Å². The number of hydrogen-bond donors (Lipinski definition) is 1. The molecule has 2 aromatic rings. The number of benzene rings is 2. The number of carbonyl (C=O) groups is 2. The van der Waals surface area contributed by atoms with E-state index in [2.05, 4.69) is 5.32 Å². The predicted octanol–water partition coefficient (Wildman–Crippen LogP) is 4.19. The van der Waals surface area contributed by atoms with Gasteiger partial charge in [-0.25, -0.2) is 0 Å². The number of carbonyl (C=O) groups excluding carboxylic acids is 2. The van der Waals surface area contributed by atoms with Gasteiger partial charge in [0.2, 0.25) is 5.91 Å². The standard InChI is InChI=1S/C25H32N2O3/c1-18-7-4-10-21(17-18)25(29)27-14-12-22(13-15-27)26-23(28)11-6-16-30-24-19(2)8-5-9-20(24)3/h4-5,7-10,17,22H,6,11-16H2,1-3H3,(H,26,28). The highest BCUT2D eigenvalue weighted by molar-refractivity contribution is 5.94. The number of para-hydroxylation sites is 1. The average Bonchev–Trinajstić information content (AvgIpc) is 2.73. The van der Waals surface area contributed by atoms with Crippen molar-refractivity contribution in [1.82, 2.24) is 10.2 Å². The second kappa shape index (κ2) is 10.3. The lowest BCUT2D eigenvalue weighted by molar-refractivity contribution is -0.122. The lowest BCUT2D eigenvalue weighted by Gasteiger charge is -2.32. The van der Waals surface area contributed by atoms with E-state index in [1.165, 1.54) is 0 Å². The normalized spacial score (nSPS) is 14.4. The van der Waals surface area contributed by atoms with E-state index in [1.807, 2.05) is 68.1 Å². The Morgan fingerprint density at radius 3 is 2.37 bits per heavy atom. The lowest BCUT2D eigenvalue weighted by Crippen LogP contribution is -2.46. The monoisotopic (exact) mass is 408 g/mol. The summed E-state index contributed by atoms with van der Waals surface area (Å²) in [7, 11) is 0. The molecular formula is C25H32N2O3. The summed E-state index contributed by atoms with van der Waals surface area (Å²) in [6.45, 7) is 7.94. The molecule has 1 fully saturated rings. The first-order valence-corrected chi connectivity index (χ1v) is 10.8. The fraction of sp³-hybridized carbons (Fsp3) is 0.440. The number of piperidine rings is 1. The number of hydrogen-bond acceptors (Lipinski definition) is 3. The van der Waals surface area contributed by atoms with E-state index in [0.29, 0.717) is 32.5 Å². The van der Waals surface area contributed by atoms with E-state index in [4.69, 9.17) is 4.74 Å². The van der Waals surface area contributed by atoms with Crippen molar-refractivity contribution in [3.63, 3.8) is 0 Å². The highest BCUT2D eigenvalue weighted by Gasteiger charge is 2.24. The highest BCUT2D eigenvalue weighted by Crippen LogP contribution is 2.22. The van der Waals surface area contributed by atoms with Gasteiger partial charge in [-0.2, -0.15) is 0 Å². The zero-order chi connectivity index (χ0) is 21.5. The minimum absolute atomic E-state index is 0.0589. The fourth-order valence-electron chi connectivity index (χ4n) is 3.92.